The Labute approximate surface area is 176 Å². The van der Waals surface area contributed by atoms with Crippen LogP contribution in [0, 0.1) is 12.7 Å². The SMILES string of the molecule is Cc1nc(-c2ccc(F)cc2Cl)sc1NC(=O)OCc1ccc(N(C)N)c(N)c1. The molecule has 1 heterocycles. The van der Waals surface area contributed by atoms with Crippen LogP contribution >= 0.6 is 22.9 Å². The largest absolute Gasteiger partial charge is 0.444 e. The number of hydrogen-bond acceptors (Lipinski definition) is 7. The van der Waals surface area contributed by atoms with Gasteiger partial charge in [0.25, 0.3) is 0 Å². The van der Waals surface area contributed by atoms with E-state index in [0.717, 1.165) is 5.56 Å². The van der Waals surface area contributed by atoms with Gasteiger partial charge in [-0.15, -0.1) is 0 Å². The molecule has 29 heavy (non-hydrogen) atoms. The number of thiazole rings is 1. The molecule has 0 aliphatic carbocycles. The van der Waals surface area contributed by atoms with Gasteiger partial charge >= 0.3 is 6.09 Å². The van der Waals surface area contributed by atoms with Gasteiger partial charge in [-0.25, -0.2) is 20.0 Å². The van der Waals surface area contributed by atoms with Crippen LogP contribution in [0.3, 0.4) is 0 Å². The van der Waals surface area contributed by atoms with Gasteiger partial charge in [0.2, 0.25) is 0 Å². The highest BCUT2D eigenvalue weighted by atomic mass is 35.5. The summed E-state index contributed by atoms with van der Waals surface area (Å²) in [6, 6.07) is 9.28. The molecule has 5 N–H and O–H groups in total. The minimum absolute atomic E-state index is 0.0408. The second-order valence-electron chi connectivity index (χ2n) is 6.26. The predicted octanol–water partition coefficient (Wildman–Crippen LogP) is 4.55. The summed E-state index contributed by atoms with van der Waals surface area (Å²) in [5.74, 6) is 5.24. The average Bonchev–Trinajstić information content (AvgIpc) is 2.99. The normalized spacial score (nSPS) is 10.7. The van der Waals surface area contributed by atoms with Crippen molar-refractivity contribution in [2.75, 3.05) is 23.1 Å². The number of nitrogens with two attached hydrogens (primary N) is 2. The minimum atomic E-state index is -0.632. The number of nitrogen functional groups attached to an aromatic ring is 1. The third-order valence-corrected chi connectivity index (χ3v) is 5.43. The van der Waals surface area contributed by atoms with E-state index in [9.17, 15) is 9.18 Å². The number of aryl methyl sites for hydroxylation is 1. The number of ether oxygens (including phenoxy) is 1. The summed E-state index contributed by atoms with van der Waals surface area (Å²) >= 11 is 7.31. The van der Waals surface area contributed by atoms with Crippen LogP contribution in [0.5, 0.6) is 0 Å². The Kier molecular flexibility index (Phi) is 6.21. The van der Waals surface area contributed by atoms with Crippen molar-refractivity contribution in [3.05, 3.63) is 58.5 Å². The van der Waals surface area contributed by atoms with E-state index in [1.54, 1.807) is 38.2 Å². The van der Waals surface area contributed by atoms with E-state index in [0.29, 0.717) is 32.6 Å². The van der Waals surface area contributed by atoms with E-state index in [4.69, 9.17) is 27.9 Å². The molecule has 0 saturated heterocycles. The molecule has 3 rings (SSSR count). The van der Waals surface area contributed by atoms with Crippen LogP contribution in [-0.4, -0.2) is 18.1 Å². The standard InChI is InChI=1S/C19H19ClFN5O2S/c1-10-17(29-18(24-10)13-5-4-12(21)8-14(13)20)25-19(27)28-9-11-3-6-16(26(2)23)15(22)7-11/h3-8H,9,22-23H2,1-2H3,(H,25,27). The molecule has 0 aliphatic rings. The highest BCUT2D eigenvalue weighted by Gasteiger charge is 2.15. The Hall–Kier alpha value is -2.88. The number of nitrogens with zero attached hydrogens (tertiary/aromatic N) is 2. The van der Waals surface area contributed by atoms with Crippen molar-refractivity contribution in [2.45, 2.75) is 13.5 Å². The van der Waals surface area contributed by atoms with Crippen molar-refractivity contribution < 1.29 is 13.9 Å². The Balaban J connectivity index is 1.65. The summed E-state index contributed by atoms with van der Waals surface area (Å²) in [4.78, 5) is 16.6. The van der Waals surface area contributed by atoms with Crippen molar-refractivity contribution in [1.82, 2.24) is 4.98 Å². The lowest BCUT2D eigenvalue weighted by atomic mass is 10.2. The maximum Gasteiger partial charge on any atom is 0.412 e. The fraction of sp³-hybridized carbons (Fsp3) is 0.158. The quantitative estimate of drug-likeness (QED) is 0.308. The smallest absolute Gasteiger partial charge is 0.412 e. The molecule has 0 unspecified atom stereocenters. The van der Waals surface area contributed by atoms with Crippen molar-refractivity contribution >= 4 is 45.4 Å². The molecule has 7 nitrogen and oxygen atoms in total. The lowest BCUT2D eigenvalue weighted by Crippen LogP contribution is -2.26. The van der Waals surface area contributed by atoms with E-state index in [1.807, 2.05) is 0 Å². The molecule has 2 aromatic carbocycles. The number of halogens is 2. The number of carbonyl (C=O) groups excluding carboxylic acids is 1. The van der Waals surface area contributed by atoms with E-state index in [1.165, 1.54) is 28.5 Å². The number of amides is 1. The molecular formula is C19H19ClFN5O2S. The molecule has 0 radical (unpaired) electrons. The Morgan fingerprint density at radius 3 is 2.76 bits per heavy atom. The maximum atomic E-state index is 13.2. The topological polar surface area (TPSA) is 106 Å². The van der Waals surface area contributed by atoms with Crippen LogP contribution in [-0.2, 0) is 11.3 Å². The van der Waals surface area contributed by atoms with Gasteiger partial charge in [-0.1, -0.05) is 29.0 Å². The highest BCUT2D eigenvalue weighted by molar-refractivity contribution is 7.19. The van der Waals surface area contributed by atoms with Gasteiger partial charge < -0.3 is 15.5 Å². The lowest BCUT2D eigenvalue weighted by molar-refractivity contribution is 0.155. The van der Waals surface area contributed by atoms with Gasteiger partial charge in [0.1, 0.15) is 22.4 Å². The number of hydrazine groups is 1. The van der Waals surface area contributed by atoms with E-state index in [2.05, 4.69) is 10.3 Å². The molecule has 152 valence electrons. The molecule has 0 aliphatic heterocycles. The molecule has 0 saturated carbocycles. The van der Waals surface area contributed by atoms with E-state index < -0.39 is 11.9 Å². The van der Waals surface area contributed by atoms with Gasteiger partial charge in [-0.05, 0) is 42.8 Å². The Morgan fingerprint density at radius 1 is 1.34 bits per heavy atom. The number of benzene rings is 2. The summed E-state index contributed by atoms with van der Waals surface area (Å²) in [6.07, 6.45) is -0.632. The van der Waals surface area contributed by atoms with E-state index in [-0.39, 0.29) is 11.6 Å². The summed E-state index contributed by atoms with van der Waals surface area (Å²) < 4.78 is 18.5. The zero-order valence-corrected chi connectivity index (χ0v) is 17.3. The summed E-state index contributed by atoms with van der Waals surface area (Å²) in [6.45, 7) is 1.79. The van der Waals surface area contributed by atoms with Crippen LogP contribution < -0.4 is 21.9 Å². The summed E-state index contributed by atoms with van der Waals surface area (Å²) in [5, 5.41) is 5.40. The van der Waals surface area contributed by atoms with Crippen molar-refractivity contribution in [3.8, 4) is 10.6 Å². The summed E-state index contributed by atoms with van der Waals surface area (Å²) in [7, 11) is 1.68. The van der Waals surface area contributed by atoms with Crippen LogP contribution in [0.15, 0.2) is 36.4 Å². The Bertz CT molecular complexity index is 1060. The molecule has 0 fully saturated rings. The fourth-order valence-corrected chi connectivity index (χ4v) is 3.89. The predicted molar refractivity (Wildman–Crippen MR) is 115 cm³/mol. The second kappa shape index (κ2) is 8.64. The lowest BCUT2D eigenvalue weighted by Gasteiger charge is -2.15. The number of rotatable bonds is 5. The van der Waals surface area contributed by atoms with Gasteiger partial charge in [-0.2, -0.15) is 0 Å². The van der Waals surface area contributed by atoms with Crippen LogP contribution in [0.1, 0.15) is 11.3 Å². The van der Waals surface area contributed by atoms with E-state index >= 15 is 0 Å². The number of carbonyl (C=O) groups is 1. The van der Waals surface area contributed by atoms with Gasteiger partial charge in [0, 0.05) is 12.6 Å². The van der Waals surface area contributed by atoms with Crippen molar-refractivity contribution in [2.24, 2.45) is 5.84 Å². The third-order valence-electron chi connectivity index (χ3n) is 4.02. The van der Waals surface area contributed by atoms with Crippen molar-refractivity contribution in [1.29, 1.82) is 0 Å². The molecule has 0 bridgehead atoms. The van der Waals surface area contributed by atoms with Crippen LogP contribution in [0.2, 0.25) is 5.02 Å². The van der Waals surface area contributed by atoms with Gasteiger partial charge in [0.15, 0.2) is 0 Å². The van der Waals surface area contributed by atoms with Gasteiger partial charge in [-0.3, -0.25) is 5.32 Å². The first-order valence-electron chi connectivity index (χ1n) is 8.48. The minimum Gasteiger partial charge on any atom is -0.444 e. The zero-order chi connectivity index (χ0) is 21.1. The number of nitrogens with one attached hydrogen (secondary N) is 1. The molecular weight excluding hydrogens is 417 g/mol. The monoisotopic (exact) mass is 435 g/mol. The molecule has 0 atom stereocenters. The molecule has 3 aromatic rings. The first-order valence-corrected chi connectivity index (χ1v) is 9.67. The zero-order valence-electron chi connectivity index (χ0n) is 15.7. The number of anilines is 3. The Morgan fingerprint density at radius 2 is 2.10 bits per heavy atom. The first-order chi connectivity index (χ1) is 13.7. The number of aromatic nitrogens is 1. The molecule has 1 amide bonds. The molecule has 1 aromatic heterocycles. The average molecular weight is 436 g/mol. The third kappa shape index (κ3) is 4.94. The highest BCUT2D eigenvalue weighted by Crippen LogP contribution is 2.36. The van der Waals surface area contributed by atoms with Gasteiger partial charge in [0.05, 0.1) is 22.1 Å². The van der Waals surface area contributed by atoms with Crippen LogP contribution in [0.25, 0.3) is 10.6 Å². The van der Waals surface area contributed by atoms with Crippen LogP contribution in [0.4, 0.5) is 25.6 Å². The summed E-state index contributed by atoms with van der Waals surface area (Å²) in [5.41, 5.74) is 9.00. The fourth-order valence-electron chi connectivity index (χ4n) is 2.58. The molecule has 10 heteroatoms. The number of hydrogen-bond donors (Lipinski definition) is 3. The molecule has 0 spiro atoms. The maximum absolute atomic E-state index is 13.2. The second-order valence-corrected chi connectivity index (χ2v) is 7.67. The van der Waals surface area contributed by atoms with Crippen molar-refractivity contribution in [3.63, 3.8) is 0 Å². The first kappa shape index (κ1) is 20.8.